The van der Waals surface area contributed by atoms with E-state index in [2.05, 4.69) is 14.7 Å². The molecule has 0 amide bonds. The fourth-order valence-corrected chi connectivity index (χ4v) is 5.38. The predicted octanol–water partition coefficient (Wildman–Crippen LogP) is 4.86. The molecule has 1 fully saturated rings. The maximum atomic E-state index is 15.0. The van der Waals surface area contributed by atoms with Gasteiger partial charge in [0, 0.05) is 23.2 Å². The van der Waals surface area contributed by atoms with Gasteiger partial charge in [-0.15, -0.1) is 0 Å². The van der Waals surface area contributed by atoms with Crippen LogP contribution in [0.1, 0.15) is 16.1 Å². The molecule has 230 valence electrons. The van der Waals surface area contributed by atoms with E-state index in [0.29, 0.717) is 37.2 Å². The van der Waals surface area contributed by atoms with Crippen molar-refractivity contribution in [1.82, 2.24) is 9.29 Å². The van der Waals surface area contributed by atoms with Crippen LogP contribution in [0.25, 0.3) is 10.9 Å². The molecular formula is C29H26F4N6O4S. The van der Waals surface area contributed by atoms with E-state index in [4.69, 9.17) is 20.9 Å². The molecule has 1 unspecified atom stereocenters. The minimum absolute atomic E-state index is 0.0150. The van der Waals surface area contributed by atoms with Gasteiger partial charge in [-0.25, -0.2) is 18.2 Å². The Balaban J connectivity index is 1.36. The number of anilines is 1. The summed E-state index contributed by atoms with van der Waals surface area (Å²) in [5.74, 6) is -5.66. The van der Waals surface area contributed by atoms with E-state index in [1.807, 2.05) is 0 Å². The van der Waals surface area contributed by atoms with Crippen molar-refractivity contribution in [2.45, 2.75) is 6.92 Å². The number of aryl methyl sites for hydroxylation is 1. The van der Waals surface area contributed by atoms with Crippen LogP contribution < -0.4 is 20.9 Å². The van der Waals surface area contributed by atoms with Crippen molar-refractivity contribution < 1.29 is 36.4 Å². The number of morpholine rings is 1. The summed E-state index contributed by atoms with van der Waals surface area (Å²) in [6.07, 6.45) is 0.906. The first-order valence-electron chi connectivity index (χ1n) is 13.1. The van der Waals surface area contributed by atoms with Crippen molar-refractivity contribution in [3.63, 3.8) is 0 Å². The average Bonchev–Trinajstić information content (AvgIpc) is 3.41. The molecule has 5 rings (SSSR count). The summed E-state index contributed by atoms with van der Waals surface area (Å²) in [6.45, 7) is 3.12. The highest BCUT2D eigenvalue weighted by Crippen LogP contribution is 2.33. The Kier molecular flexibility index (Phi) is 9.10. The number of aromatic amines is 1. The second-order valence-electron chi connectivity index (χ2n) is 9.63. The van der Waals surface area contributed by atoms with E-state index in [-0.39, 0.29) is 34.0 Å². The lowest BCUT2D eigenvalue weighted by atomic mass is 10.1. The van der Waals surface area contributed by atoms with Crippen LogP contribution in [0, 0.1) is 30.2 Å². The Labute approximate surface area is 251 Å². The molecule has 0 bridgehead atoms. The van der Waals surface area contributed by atoms with Crippen LogP contribution in [0.2, 0.25) is 0 Å². The van der Waals surface area contributed by atoms with E-state index in [1.165, 1.54) is 43.3 Å². The average molecular weight is 631 g/mol. The van der Waals surface area contributed by atoms with Crippen LogP contribution >= 0.6 is 0 Å². The number of Topliss-reactive ketones (excluding diaryl/α,β-unsaturated/α-hetero) is 1. The zero-order valence-electron chi connectivity index (χ0n) is 23.1. The van der Waals surface area contributed by atoms with Crippen molar-refractivity contribution in [3.8, 4) is 11.5 Å². The molecule has 1 aliphatic rings. The zero-order valence-corrected chi connectivity index (χ0v) is 23.9. The second-order valence-corrected chi connectivity index (χ2v) is 10.8. The molecule has 3 aromatic carbocycles. The van der Waals surface area contributed by atoms with Gasteiger partial charge in [0.05, 0.1) is 37.6 Å². The summed E-state index contributed by atoms with van der Waals surface area (Å²) in [5.41, 5.74) is 11.7. The maximum Gasteiger partial charge on any atom is 0.214 e. The number of nitrogens with zero attached hydrogens (tertiary/aromatic N) is 2. The van der Waals surface area contributed by atoms with E-state index in [1.54, 1.807) is 4.31 Å². The van der Waals surface area contributed by atoms with Gasteiger partial charge in [0.25, 0.3) is 0 Å². The number of benzene rings is 3. The lowest BCUT2D eigenvalue weighted by Gasteiger charge is -2.26. The molecule has 44 heavy (non-hydrogen) atoms. The van der Waals surface area contributed by atoms with Crippen LogP contribution in [0.5, 0.6) is 11.5 Å². The molecule has 4 aromatic rings. The van der Waals surface area contributed by atoms with E-state index in [9.17, 15) is 22.5 Å². The zero-order chi connectivity index (χ0) is 31.5. The number of carbonyl (C=O) groups is 1. The minimum Gasteiger partial charge on any atom is -0.573 e. The standard InChI is InChI=1S/C29H26F4N6O4S/c1-15-9-17(43-25-4-2-3-19(30)26(25)33)12-21(32)27(15)37-29(35)18(14-34)28(40)24-11-16-10-20(31)23(13-22(16)36-24)38-44(41)39-5-7-42-8-6-39/h2-4,9-14,36,38H,5-8,34H2,1H3,(H2,35,37). The molecular weight excluding hydrogens is 604 g/mol. The molecule has 2 heterocycles. The summed E-state index contributed by atoms with van der Waals surface area (Å²) in [6, 6.07) is 9.49. The Morgan fingerprint density at radius 3 is 2.57 bits per heavy atom. The Bertz CT molecular complexity index is 1770. The van der Waals surface area contributed by atoms with Gasteiger partial charge in [0.15, 0.2) is 34.7 Å². The number of nitrogens with two attached hydrogens (primary N) is 2. The van der Waals surface area contributed by atoms with Gasteiger partial charge >= 0.3 is 0 Å². The van der Waals surface area contributed by atoms with Crippen molar-refractivity contribution in [3.05, 3.63) is 94.8 Å². The summed E-state index contributed by atoms with van der Waals surface area (Å²) in [4.78, 5) is 20.2. The SMILES string of the molecule is Cc1cc(Oc2cccc(F)c2F)cc(F)c1N=C(N)C(=CN)C(=O)c1cc2cc(F)c(N[S+]([O-])N3CCOCC3)cc2[nH]1. The molecule has 10 nitrogen and oxygen atoms in total. The number of rotatable bonds is 9. The third-order valence-electron chi connectivity index (χ3n) is 6.65. The van der Waals surface area contributed by atoms with Crippen molar-refractivity contribution >= 4 is 45.4 Å². The third-order valence-corrected chi connectivity index (χ3v) is 7.87. The minimum atomic E-state index is -1.71. The Morgan fingerprint density at radius 2 is 1.86 bits per heavy atom. The number of ether oxygens (including phenoxy) is 2. The van der Waals surface area contributed by atoms with E-state index >= 15 is 4.39 Å². The van der Waals surface area contributed by atoms with E-state index in [0.717, 1.165) is 18.3 Å². The van der Waals surface area contributed by atoms with Gasteiger partial charge in [-0.05, 0) is 48.9 Å². The number of hydrogen-bond acceptors (Lipinski definition) is 8. The molecule has 0 spiro atoms. The predicted molar refractivity (Wildman–Crippen MR) is 158 cm³/mol. The van der Waals surface area contributed by atoms with E-state index < -0.39 is 52.2 Å². The first-order valence-corrected chi connectivity index (χ1v) is 14.2. The summed E-state index contributed by atoms with van der Waals surface area (Å²) in [5, 5.41) is 0.340. The van der Waals surface area contributed by atoms with Crippen LogP contribution in [0.3, 0.4) is 0 Å². The number of hydrogen-bond donors (Lipinski definition) is 4. The largest absolute Gasteiger partial charge is 0.573 e. The van der Waals surface area contributed by atoms with Crippen molar-refractivity contribution in [2.75, 3.05) is 31.0 Å². The molecule has 1 aliphatic heterocycles. The van der Waals surface area contributed by atoms with Gasteiger partial charge in [0.1, 0.15) is 23.0 Å². The number of halogens is 4. The number of H-pyrrole nitrogens is 1. The molecule has 6 N–H and O–H groups in total. The monoisotopic (exact) mass is 630 g/mol. The highest BCUT2D eigenvalue weighted by molar-refractivity contribution is 7.90. The summed E-state index contributed by atoms with van der Waals surface area (Å²) < 4.78 is 84.8. The van der Waals surface area contributed by atoms with Crippen molar-refractivity contribution in [2.24, 2.45) is 16.5 Å². The van der Waals surface area contributed by atoms with Crippen LogP contribution in [0.4, 0.5) is 28.9 Å². The van der Waals surface area contributed by atoms with Crippen LogP contribution in [0.15, 0.2) is 65.3 Å². The number of ketones is 1. The number of aromatic nitrogens is 1. The Hall–Kier alpha value is -4.57. The van der Waals surface area contributed by atoms with Gasteiger partial charge in [0.2, 0.25) is 11.6 Å². The molecule has 0 aliphatic carbocycles. The molecule has 1 aromatic heterocycles. The van der Waals surface area contributed by atoms with Crippen LogP contribution in [-0.2, 0) is 16.3 Å². The van der Waals surface area contributed by atoms with Crippen LogP contribution in [-0.4, -0.2) is 51.8 Å². The first-order chi connectivity index (χ1) is 21.0. The lowest BCUT2D eigenvalue weighted by Crippen LogP contribution is -2.43. The number of fused-ring (bicyclic) bond motifs is 1. The molecule has 0 saturated carbocycles. The molecule has 1 saturated heterocycles. The summed E-state index contributed by atoms with van der Waals surface area (Å²) >= 11 is -1.71. The summed E-state index contributed by atoms with van der Waals surface area (Å²) in [7, 11) is 0. The normalized spacial score (nSPS) is 15.4. The van der Waals surface area contributed by atoms with Crippen molar-refractivity contribution in [1.29, 1.82) is 0 Å². The van der Waals surface area contributed by atoms with Gasteiger partial charge in [-0.1, -0.05) is 10.4 Å². The number of nitrogens with one attached hydrogen (secondary N) is 2. The fourth-order valence-electron chi connectivity index (χ4n) is 4.42. The molecule has 1 atom stereocenters. The quantitative estimate of drug-likeness (QED) is 0.0511. The molecule has 0 radical (unpaired) electrons. The first kappa shape index (κ1) is 30.9. The lowest BCUT2D eigenvalue weighted by molar-refractivity contribution is 0.0733. The number of aliphatic imine (C=N–C) groups is 1. The van der Waals surface area contributed by atoms with Gasteiger partial charge < -0.3 is 30.5 Å². The third kappa shape index (κ3) is 6.50. The molecule has 15 heteroatoms. The van der Waals surface area contributed by atoms with Gasteiger partial charge in [-0.3, -0.25) is 4.79 Å². The smallest absolute Gasteiger partial charge is 0.214 e. The maximum absolute atomic E-state index is 15.0. The Morgan fingerprint density at radius 1 is 1.11 bits per heavy atom. The fraction of sp³-hybridized carbons (Fsp3) is 0.172. The number of carbonyl (C=O) groups excluding carboxylic acids is 1. The topological polar surface area (TPSA) is 154 Å². The highest BCUT2D eigenvalue weighted by atomic mass is 32.2. The second kappa shape index (κ2) is 13.0. The number of amidine groups is 1. The van der Waals surface area contributed by atoms with Gasteiger partial charge in [-0.2, -0.15) is 9.11 Å². The highest BCUT2D eigenvalue weighted by Gasteiger charge is 2.25.